The molecule has 3 aromatic rings. The van der Waals surface area contributed by atoms with Gasteiger partial charge in [0, 0.05) is 18.6 Å². The molecule has 2 saturated carbocycles. The van der Waals surface area contributed by atoms with Crippen molar-refractivity contribution in [3.8, 4) is 0 Å². The number of alkyl halides is 3. The highest BCUT2D eigenvalue weighted by molar-refractivity contribution is 5.91. The summed E-state index contributed by atoms with van der Waals surface area (Å²) in [7, 11) is 0. The van der Waals surface area contributed by atoms with Crippen molar-refractivity contribution < 1.29 is 23.1 Å². The van der Waals surface area contributed by atoms with Gasteiger partial charge in [0.05, 0.1) is 12.1 Å². The minimum Gasteiger partial charge on any atom is -0.475 e. The molecule has 226 valence electrons. The minimum atomic E-state index is -4.41. The first-order chi connectivity index (χ1) is 20.2. The molecule has 1 aliphatic heterocycles. The van der Waals surface area contributed by atoms with Crippen molar-refractivity contribution in [2.75, 3.05) is 16.8 Å². The third kappa shape index (κ3) is 5.79. The number of imidazole rings is 1. The number of hydrogen-bond donors (Lipinski definition) is 2. The fourth-order valence-electron chi connectivity index (χ4n) is 7.06. The molecule has 0 amide bonds. The Morgan fingerprint density at radius 3 is 2.33 bits per heavy atom. The molecule has 42 heavy (non-hydrogen) atoms. The van der Waals surface area contributed by atoms with Crippen molar-refractivity contribution in [1.82, 2.24) is 19.5 Å². The van der Waals surface area contributed by atoms with E-state index in [0.29, 0.717) is 46.4 Å². The fourth-order valence-corrected chi connectivity index (χ4v) is 7.06. The summed E-state index contributed by atoms with van der Waals surface area (Å²) in [5, 5.41) is 13.3. The van der Waals surface area contributed by atoms with Crippen molar-refractivity contribution in [2.24, 2.45) is 11.8 Å². The van der Waals surface area contributed by atoms with Gasteiger partial charge in [-0.2, -0.15) is 18.2 Å². The Hall–Kier alpha value is -3.37. The van der Waals surface area contributed by atoms with E-state index in [1.807, 2.05) is 4.57 Å². The summed E-state index contributed by atoms with van der Waals surface area (Å²) < 4.78 is 41.9. The molecule has 8 nitrogen and oxygen atoms in total. The van der Waals surface area contributed by atoms with E-state index in [1.165, 1.54) is 50.7 Å². The molecule has 11 heteroatoms. The van der Waals surface area contributed by atoms with Crippen LogP contribution in [0, 0.1) is 11.8 Å². The standard InChI is InChI=1S/C31H39F3N6O2/c1-19(21-10-7-11-21)35-26-25-27(37-28(36-26)29(41)42)38-30(39-17-6-5-12-24(39)22-8-3-2-4-9-22)40(25)18-20-13-15-23(16-14-20)31(32,33)34/h13-16,19,21-22,24H,2-12,17-18H2,1H3,(H,41,42)(H,35,36,37)/t19-,24?/m1/s1. The lowest BCUT2D eigenvalue weighted by Crippen LogP contribution is -2.46. The van der Waals surface area contributed by atoms with Crippen molar-refractivity contribution >= 4 is 28.9 Å². The first-order valence-electron chi connectivity index (χ1n) is 15.4. The second kappa shape index (κ2) is 11.7. The predicted molar refractivity (Wildman–Crippen MR) is 155 cm³/mol. The van der Waals surface area contributed by atoms with E-state index in [4.69, 9.17) is 4.98 Å². The topological polar surface area (TPSA) is 96.2 Å². The minimum absolute atomic E-state index is 0.0707. The van der Waals surface area contributed by atoms with E-state index in [-0.39, 0.29) is 18.4 Å². The number of nitrogens with zero attached hydrogens (tertiary/aromatic N) is 5. The van der Waals surface area contributed by atoms with Crippen molar-refractivity contribution in [3.63, 3.8) is 0 Å². The molecule has 0 radical (unpaired) electrons. The number of carboxylic acids is 1. The number of carbonyl (C=O) groups is 1. The van der Waals surface area contributed by atoms with Gasteiger partial charge in [0.25, 0.3) is 0 Å². The van der Waals surface area contributed by atoms with Gasteiger partial charge < -0.3 is 19.9 Å². The number of anilines is 2. The fraction of sp³-hybridized carbons (Fsp3) is 0.613. The summed E-state index contributed by atoms with van der Waals surface area (Å²) in [5.41, 5.74) is 0.881. The number of carboxylic acid groups (broad SMARTS) is 1. The zero-order valence-corrected chi connectivity index (χ0v) is 24.0. The van der Waals surface area contributed by atoms with E-state index in [2.05, 4.69) is 27.1 Å². The van der Waals surface area contributed by atoms with Crippen LogP contribution in [-0.2, 0) is 12.7 Å². The van der Waals surface area contributed by atoms with E-state index >= 15 is 0 Å². The Kier molecular flexibility index (Phi) is 8.02. The maximum absolute atomic E-state index is 13.3. The Balaban J connectivity index is 1.48. The lowest BCUT2D eigenvalue weighted by atomic mass is 9.80. The zero-order chi connectivity index (χ0) is 29.4. The van der Waals surface area contributed by atoms with Gasteiger partial charge in [-0.1, -0.05) is 37.8 Å². The summed E-state index contributed by atoms with van der Waals surface area (Å²) in [4.78, 5) is 28.2. The summed E-state index contributed by atoms with van der Waals surface area (Å²) in [6, 6.07) is 5.60. The number of aromatic nitrogens is 4. The predicted octanol–water partition coefficient (Wildman–Crippen LogP) is 7.13. The molecule has 2 aromatic heterocycles. The van der Waals surface area contributed by atoms with Crippen LogP contribution in [0.25, 0.3) is 11.2 Å². The summed E-state index contributed by atoms with van der Waals surface area (Å²) in [5.74, 6) is 0.569. The van der Waals surface area contributed by atoms with Gasteiger partial charge >= 0.3 is 12.1 Å². The molecule has 2 aliphatic carbocycles. The van der Waals surface area contributed by atoms with Gasteiger partial charge in [0.1, 0.15) is 5.52 Å². The van der Waals surface area contributed by atoms with Crippen LogP contribution in [-0.4, -0.2) is 49.2 Å². The summed E-state index contributed by atoms with van der Waals surface area (Å²) >= 11 is 0. The smallest absolute Gasteiger partial charge is 0.416 e. The Bertz CT molecular complexity index is 1410. The van der Waals surface area contributed by atoms with Crippen molar-refractivity contribution in [1.29, 1.82) is 0 Å². The Labute approximate surface area is 243 Å². The van der Waals surface area contributed by atoms with Crippen LogP contribution in [0.4, 0.5) is 24.9 Å². The van der Waals surface area contributed by atoms with Crippen LogP contribution >= 0.6 is 0 Å². The quantitative estimate of drug-likeness (QED) is 0.291. The van der Waals surface area contributed by atoms with Gasteiger partial charge in [-0.3, -0.25) is 0 Å². The summed E-state index contributed by atoms with van der Waals surface area (Å²) in [6.07, 6.45) is 8.22. The highest BCUT2D eigenvalue weighted by atomic mass is 19.4. The third-order valence-electron chi connectivity index (χ3n) is 9.62. The van der Waals surface area contributed by atoms with Gasteiger partial charge in [0.2, 0.25) is 11.8 Å². The van der Waals surface area contributed by atoms with E-state index in [9.17, 15) is 23.1 Å². The highest BCUT2D eigenvalue weighted by Crippen LogP contribution is 2.39. The average molecular weight is 585 g/mol. The number of halogens is 3. The molecule has 3 fully saturated rings. The summed E-state index contributed by atoms with van der Waals surface area (Å²) in [6.45, 7) is 3.16. The van der Waals surface area contributed by atoms with Gasteiger partial charge in [-0.05, 0) is 81.4 Å². The van der Waals surface area contributed by atoms with Crippen LogP contribution in [0.5, 0.6) is 0 Å². The Morgan fingerprint density at radius 2 is 1.69 bits per heavy atom. The van der Waals surface area contributed by atoms with Gasteiger partial charge in [-0.25, -0.2) is 14.8 Å². The third-order valence-corrected chi connectivity index (χ3v) is 9.62. The highest BCUT2D eigenvalue weighted by Gasteiger charge is 2.35. The molecule has 0 bridgehead atoms. The molecule has 1 unspecified atom stereocenters. The monoisotopic (exact) mass is 584 g/mol. The maximum Gasteiger partial charge on any atom is 0.416 e. The molecule has 6 rings (SSSR count). The van der Waals surface area contributed by atoms with Crippen molar-refractivity contribution in [2.45, 2.75) is 102 Å². The Morgan fingerprint density at radius 1 is 0.976 bits per heavy atom. The van der Waals surface area contributed by atoms with Crippen LogP contribution in [0.1, 0.15) is 99.3 Å². The van der Waals surface area contributed by atoms with Crippen LogP contribution < -0.4 is 10.2 Å². The molecular weight excluding hydrogens is 545 g/mol. The average Bonchev–Trinajstić information content (AvgIpc) is 3.30. The molecule has 2 atom stereocenters. The number of rotatable bonds is 8. The first-order valence-corrected chi connectivity index (χ1v) is 15.4. The second-order valence-corrected chi connectivity index (χ2v) is 12.3. The molecule has 0 spiro atoms. The lowest BCUT2D eigenvalue weighted by molar-refractivity contribution is -0.137. The number of hydrogen-bond acceptors (Lipinski definition) is 6. The van der Waals surface area contributed by atoms with Crippen LogP contribution in [0.2, 0.25) is 0 Å². The molecule has 1 saturated heterocycles. The number of fused-ring (bicyclic) bond motifs is 1. The van der Waals surface area contributed by atoms with Gasteiger partial charge in [0.15, 0.2) is 11.5 Å². The molecule has 3 heterocycles. The first kappa shape index (κ1) is 28.7. The SMILES string of the molecule is C[C@@H](Nc1nc(C(=O)O)nc2nc(N3CCCCC3C3CCCCC3)n(Cc3ccc(C(F)(F)F)cc3)c12)C1CCC1. The van der Waals surface area contributed by atoms with Crippen LogP contribution in [0.3, 0.4) is 0 Å². The van der Waals surface area contributed by atoms with E-state index in [1.54, 1.807) is 0 Å². The lowest BCUT2D eigenvalue weighted by Gasteiger charge is -2.42. The van der Waals surface area contributed by atoms with E-state index in [0.717, 1.165) is 50.8 Å². The molecule has 1 aromatic carbocycles. The number of nitrogens with one attached hydrogen (secondary N) is 1. The normalized spacial score (nSPS) is 21.3. The molecular formula is C31H39F3N6O2. The number of aromatic carboxylic acids is 1. The largest absolute Gasteiger partial charge is 0.475 e. The number of benzene rings is 1. The zero-order valence-electron chi connectivity index (χ0n) is 24.0. The van der Waals surface area contributed by atoms with Crippen LogP contribution in [0.15, 0.2) is 24.3 Å². The molecule has 3 aliphatic rings. The second-order valence-electron chi connectivity index (χ2n) is 12.3. The van der Waals surface area contributed by atoms with Crippen molar-refractivity contribution in [3.05, 3.63) is 41.2 Å². The maximum atomic E-state index is 13.3. The molecule has 2 N–H and O–H groups in total. The van der Waals surface area contributed by atoms with E-state index < -0.39 is 17.7 Å². The number of piperidine rings is 1. The van der Waals surface area contributed by atoms with Gasteiger partial charge in [-0.15, -0.1) is 0 Å².